The van der Waals surface area contributed by atoms with Crippen molar-refractivity contribution in [1.29, 1.82) is 0 Å². The molecule has 23 heavy (non-hydrogen) atoms. The van der Waals surface area contributed by atoms with Crippen molar-refractivity contribution in [3.8, 4) is 0 Å². The highest BCUT2D eigenvalue weighted by Crippen LogP contribution is 2.27. The van der Waals surface area contributed by atoms with Gasteiger partial charge < -0.3 is 10.4 Å². The third kappa shape index (κ3) is 5.30. The average molecular weight is 356 g/mol. The monoisotopic (exact) mass is 355 g/mol. The van der Waals surface area contributed by atoms with Crippen LogP contribution >= 0.6 is 22.9 Å². The molecule has 0 spiro atoms. The SMILES string of the molecule is O=C(Cc1c(F)cccc1Cl)NCCC(CCO)c1cccs1. The van der Waals surface area contributed by atoms with Crippen molar-refractivity contribution in [2.24, 2.45) is 0 Å². The van der Waals surface area contributed by atoms with Gasteiger partial charge in [0.25, 0.3) is 0 Å². The first-order chi connectivity index (χ1) is 11.1. The van der Waals surface area contributed by atoms with Crippen LogP contribution in [0.4, 0.5) is 4.39 Å². The third-order valence-electron chi connectivity index (χ3n) is 3.64. The normalized spacial score (nSPS) is 12.1. The van der Waals surface area contributed by atoms with Gasteiger partial charge in [-0.2, -0.15) is 0 Å². The Morgan fingerprint density at radius 1 is 1.30 bits per heavy atom. The number of nitrogens with one attached hydrogen (secondary N) is 1. The van der Waals surface area contributed by atoms with E-state index in [0.717, 1.165) is 6.42 Å². The second-order valence-corrected chi connectivity index (χ2v) is 6.63. The van der Waals surface area contributed by atoms with Crippen LogP contribution in [0.2, 0.25) is 5.02 Å². The van der Waals surface area contributed by atoms with E-state index < -0.39 is 5.82 Å². The maximum atomic E-state index is 13.7. The predicted molar refractivity (Wildman–Crippen MR) is 91.5 cm³/mol. The third-order valence-corrected chi connectivity index (χ3v) is 5.03. The summed E-state index contributed by atoms with van der Waals surface area (Å²) < 4.78 is 13.7. The lowest BCUT2D eigenvalue weighted by Crippen LogP contribution is -2.27. The molecule has 1 unspecified atom stereocenters. The summed E-state index contributed by atoms with van der Waals surface area (Å²) in [6.07, 6.45) is 1.32. The number of carbonyl (C=O) groups is 1. The summed E-state index contributed by atoms with van der Waals surface area (Å²) in [4.78, 5) is 13.2. The molecular formula is C17H19ClFNO2S. The molecule has 1 aromatic carbocycles. The smallest absolute Gasteiger partial charge is 0.224 e. The summed E-state index contributed by atoms with van der Waals surface area (Å²) in [5.74, 6) is -0.507. The minimum absolute atomic E-state index is 0.0742. The van der Waals surface area contributed by atoms with Gasteiger partial charge in [0.2, 0.25) is 5.91 Å². The molecule has 0 radical (unpaired) electrons. The maximum Gasteiger partial charge on any atom is 0.224 e. The van der Waals surface area contributed by atoms with Crippen LogP contribution in [0.1, 0.15) is 29.2 Å². The first-order valence-electron chi connectivity index (χ1n) is 7.45. The van der Waals surface area contributed by atoms with E-state index in [1.807, 2.05) is 17.5 Å². The Bertz CT molecular complexity index is 613. The summed E-state index contributed by atoms with van der Waals surface area (Å²) >= 11 is 7.57. The molecule has 0 aliphatic rings. The molecule has 124 valence electrons. The number of benzene rings is 1. The maximum absolute atomic E-state index is 13.7. The Labute approximate surface area is 144 Å². The van der Waals surface area contributed by atoms with E-state index in [4.69, 9.17) is 16.7 Å². The molecular weight excluding hydrogens is 337 g/mol. The summed E-state index contributed by atoms with van der Waals surface area (Å²) in [6, 6.07) is 8.39. The minimum Gasteiger partial charge on any atom is -0.396 e. The number of thiophene rings is 1. The Kier molecular flexibility index (Phi) is 7.02. The topological polar surface area (TPSA) is 49.3 Å². The molecule has 0 saturated carbocycles. The number of rotatable bonds is 8. The van der Waals surface area contributed by atoms with E-state index in [1.54, 1.807) is 17.4 Å². The first-order valence-corrected chi connectivity index (χ1v) is 8.71. The van der Waals surface area contributed by atoms with E-state index in [0.29, 0.717) is 13.0 Å². The Morgan fingerprint density at radius 3 is 2.78 bits per heavy atom. The lowest BCUT2D eigenvalue weighted by Gasteiger charge is -2.14. The minimum atomic E-state index is -0.468. The standard InChI is InChI=1S/C17H19ClFNO2S/c18-14-3-1-4-15(19)13(14)11-17(22)20-8-6-12(7-9-21)16-5-2-10-23-16/h1-5,10,12,21H,6-9,11H2,(H,20,22). The number of halogens is 2. The first kappa shape index (κ1) is 17.9. The Hall–Kier alpha value is -1.43. The van der Waals surface area contributed by atoms with Crippen LogP contribution in [0.5, 0.6) is 0 Å². The summed E-state index contributed by atoms with van der Waals surface area (Å²) in [5, 5.41) is 14.2. The molecule has 2 aromatic rings. The van der Waals surface area contributed by atoms with Crippen LogP contribution in [-0.2, 0) is 11.2 Å². The zero-order chi connectivity index (χ0) is 16.7. The quantitative estimate of drug-likeness (QED) is 0.757. The van der Waals surface area contributed by atoms with Crippen molar-refractivity contribution in [1.82, 2.24) is 5.32 Å². The second kappa shape index (κ2) is 9.01. The molecule has 1 atom stereocenters. The highest BCUT2D eigenvalue weighted by atomic mass is 35.5. The van der Waals surface area contributed by atoms with E-state index in [-0.39, 0.29) is 35.4 Å². The molecule has 1 heterocycles. The molecule has 0 aliphatic carbocycles. The molecule has 0 aliphatic heterocycles. The van der Waals surface area contributed by atoms with Crippen LogP contribution < -0.4 is 5.32 Å². The Balaban J connectivity index is 1.84. The summed E-state index contributed by atoms with van der Waals surface area (Å²) in [6.45, 7) is 0.592. The van der Waals surface area contributed by atoms with Crippen molar-refractivity contribution in [3.05, 3.63) is 57.0 Å². The zero-order valence-electron chi connectivity index (χ0n) is 12.6. The molecule has 0 fully saturated rings. The highest BCUT2D eigenvalue weighted by molar-refractivity contribution is 7.10. The number of amides is 1. The van der Waals surface area contributed by atoms with Crippen LogP contribution in [0.15, 0.2) is 35.7 Å². The van der Waals surface area contributed by atoms with Crippen LogP contribution in [0, 0.1) is 5.82 Å². The average Bonchev–Trinajstić information content (AvgIpc) is 3.04. The van der Waals surface area contributed by atoms with Gasteiger partial charge in [-0.05, 0) is 42.3 Å². The van der Waals surface area contributed by atoms with Crippen LogP contribution in [0.25, 0.3) is 0 Å². The fourth-order valence-electron chi connectivity index (χ4n) is 2.42. The van der Waals surface area contributed by atoms with Crippen molar-refractivity contribution >= 4 is 28.8 Å². The van der Waals surface area contributed by atoms with E-state index in [9.17, 15) is 9.18 Å². The number of aliphatic hydroxyl groups excluding tert-OH is 1. The second-order valence-electron chi connectivity index (χ2n) is 5.24. The lowest BCUT2D eigenvalue weighted by atomic mass is 10.00. The van der Waals surface area contributed by atoms with Gasteiger partial charge in [-0.1, -0.05) is 23.7 Å². The van der Waals surface area contributed by atoms with E-state index in [1.165, 1.54) is 17.0 Å². The van der Waals surface area contributed by atoms with Crippen LogP contribution in [-0.4, -0.2) is 24.2 Å². The van der Waals surface area contributed by atoms with Gasteiger partial charge in [0.15, 0.2) is 0 Å². The fraction of sp³-hybridized carbons (Fsp3) is 0.353. The zero-order valence-corrected chi connectivity index (χ0v) is 14.2. The van der Waals surface area contributed by atoms with Crippen LogP contribution in [0.3, 0.4) is 0 Å². The Morgan fingerprint density at radius 2 is 2.13 bits per heavy atom. The molecule has 0 saturated heterocycles. The number of hydrogen-bond acceptors (Lipinski definition) is 3. The largest absolute Gasteiger partial charge is 0.396 e. The summed E-state index contributed by atoms with van der Waals surface area (Å²) in [5.41, 5.74) is 0.219. The van der Waals surface area contributed by atoms with Gasteiger partial charge in [-0.25, -0.2) is 4.39 Å². The van der Waals surface area contributed by atoms with Gasteiger partial charge in [0.1, 0.15) is 5.82 Å². The molecule has 3 nitrogen and oxygen atoms in total. The van der Waals surface area contributed by atoms with Gasteiger partial charge >= 0.3 is 0 Å². The fourth-order valence-corrected chi connectivity index (χ4v) is 3.55. The van der Waals surface area contributed by atoms with E-state index >= 15 is 0 Å². The number of hydrogen-bond donors (Lipinski definition) is 2. The van der Waals surface area contributed by atoms with Gasteiger partial charge in [-0.3, -0.25) is 4.79 Å². The molecule has 1 amide bonds. The molecule has 6 heteroatoms. The lowest BCUT2D eigenvalue weighted by molar-refractivity contribution is -0.120. The molecule has 2 N–H and O–H groups in total. The van der Waals surface area contributed by atoms with Crippen molar-refractivity contribution in [3.63, 3.8) is 0 Å². The number of carbonyl (C=O) groups excluding carboxylic acids is 1. The van der Waals surface area contributed by atoms with Crippen molar-refractivity contribution in [2.75, 3.05) is 13.2 Å². The highest BCUT2D eigenvalue weighted by Gasteiger charge is 2.14. The van der Waals surface area contributed by atoms with E-state index in [2.05, 4.69) is 5.32 Å². The molecule has 1 aromatic heterocycles. The van der Waals surface area contributed by atoms with Gasteiger partial charge in [0.05, 0.1) is 6.42 Å². The van der Waals surface area contributed by atoms with Crippen molar-refractivity contribution in [2.45, 2.75) is 25.2 Å². The molecule has 0 bridgehead atoms. The molecule has 2 rings (SSSR count). The van der Waals surface area contributed by atoms with Gasteiger partial charge in [0, 0.05) is 28.6 Å². The predicted octanol–water partition coefficient (Wildman–Crippen LogP) is 3.76. The summed E-state index contributed by atoms with van der Waals surface area (Å²) in [7, 11) is 0. The van der Waals surface area contributed by atoms with Gasteiger partial charge in [-0.15, -0.1) is 11.3 Å². The number of aliphatic hydroxyl groups is 1. The van der Waals surface area contributed by atoms with Crippen molar-refractivity contribution < 1.29 is 14.3 Å².